The predicted octanol–water partition coefficient (Wildman–Crippen LogP) is 6.00. The number of fused-ring (bicyclic) bond motifs is 3. The zero-order valence-corrected chi connectivity index (χ0v) is 19.6. The van der Waals surface area contributed by atoms with E-state index in [-0.39, 0.29) is 0 Å². The summed E-state index contributed by atoms with van der Waals surface area (Å²) in [4.78, 5) is 11.3. The fourth-order valence-corrected chi connectivity index (χ4v) is 4.18. The smallest absolute Gasteiger partial charge is 0.333 e. The first-order valence-corrected chi connectivity index (χ1v) is 11.7. The Morgan fingerprint density at radius 2 is 1.59 bits per heavy atom. The van der Waals surface area contributed by atoms with Gasteiger partial charge in [0.05, 0.1) is 6.61 Å². The summed E-state index contributed by atoms with van der Waals surface area (Å²) in [6, 6.07) is 22.2. The number of carboxylic acids is 1. The summed E-state index contributed by atoms with van der Waals surface area (Å²) >= 11 is 0. The maximum atomic E-state index is 11.3. The molecule has 1 aliphatic rings. The highest BCUT2D eigenvalue weighted by atomic mass is 16.5. The van der Waals surface area contributed by atoms with Crippen LogP contribution < -0.4 is 9.47 Å². The Balaban J connectivity index is 1.47. The third-order valence-corrected chi connectivity index (χ3v) is 5.79. The van der Waals surface area contributed by atoms with Crippen molar-refractivity contribution in [3.05, 3.63) is 89.5 Å². The van der Waals surface area contributed by atoms with E-state index in [4.69, 9.17) is 14.2 Å². The summed E-state index contributed by atoms with van der Waals surface area (Å²) in [5.74, 6) is 0.677. The largest absolute Gasteiger partial charge is 0.494 e. The van der Waals surface area contributed by atoms with Crippen LogP contribution in [0.4, 0.5) is 0 Å². The second-order valence-electron chi connectivity index (χ2n) is 8.16. The van der Waals surface area contributed by atoms with Gasteiger partial charge in [0.15, 0.2) is 6.10 Å². The summed E-state index contributed by atoms with van der Waals surface area (Å²) in [5.41, 5.74) is 6.82. The molecule has 34 heavy (non-hydrogen) atoms. The average Bonchev–Trinajstić information content (AvgIpc) is 3.16. The van der Waals surface area contributed by atoms with Crippen LogP contribution in [0.3, 0.4) is 0 Å². The molecule has 0 fully saturated rings. The van der Waals surface area contributed by atoms with Gasteiger partial charge in [0.1, 0.15) is 18.1 Å². The van der Waals surface area contributed by atoms with Gasteiger partial charge in [0.25, 0.3) is 0 Å². The van der Waals surface area contributed by atoms with Crippen LogP contribution in [-0.4, -0.2) is 37.0 Å². The average molecular weight is 459 g/mol. The maximum Gasteiger partial charge on any atom is 0.333 e. The van der Waals surface area contributed by atoms with Gasteiger partial charge in [-0.15, -0.1) is 0 Å². The third-order valence-electron chi connectivity index (χ3n) is 5.79. The van der Waals surface area contributed by atoms with Crippen molar-refractivity contribution in [3.63, 3.8) is 0 Å². The van der Waals surface area contributed by atoms with Gasteiger partial charge < -0.3 is 19.3 Å². The van der Waals surface area contributed by atoms with E-state index in [0.717, 1.165) is 29.1 Å². The Morgan fingerprint density at radius 3 is 2.29 bits per heavy atom. The van der Waals surface area contributed by atoms with E-state index in [1.165, 1.54) is 22.3 Å². The van der Waals surface area contributed by atoms with Crippen LogP contribution in [0.1, 0.15) is 37.0 Å². The van der Waals surface area contributed by atoms with Gasteiger partial charge in [-0.1, -0.05) is 49.4 Å². The maximum absolute atomic E-state index is 11.3. The van der Waals surface area contributed by atoms with Gasteiger partial charge in [0.2, 0.25) is 0 Å². The van der Waals surface area contributed by atoms with Crippen molar-refractivity contribution in [2.45, 2.75) is 32.8 Å². The Labute approximate surface area is 200 Å². The minimum atomic E-state index is -0.949. The van der Waals surface area contributed by atoms with Crippen molar-refractivity contribution in [2.75, 3.05) is 19.8 Å². The fourth-order valence-electron chi connectivity index (χ4n) is 4.18. The van der Waals surface area contributed by atoms with Crippen LogP contribution in [-0.2, 0) is 16.0 Å². The highest BCUT2D eigenvalue weighted by molar-refractivity contribution is 6.01. The number of carbonyl (C=O) groups is 1. The normalized spacial score (nSPS) is 13.9. The monoisotopic (exact) mass is 458 g/mol. The van der Waals surface area contributed by atoms with Crippen molar-refractivity contribution in [3.8, 4) is 22.6 Å². The third kappa shape index (κ3) is 5.32. The molecule has 0 bridgehead atoms. The van der Waals surface area contributed by atoms with Gasteiger partial charge in [-0.3, -0.25) is 0 Å². The van der Waals surface area contributed by atoms with E-state index in [0.29, 0.717) is 26.2 Å². The van der Waals surface area contributed by atoms with E-state index < -0.39 is 12.1 Å². The van der Waals surface area contributed by atoms with Crippen LogP contribution in [0.2, 0.25) is 0 Å². The first-order valence-electron chi connectivity index (χ1n) is 11.7. The van der Waals surface area contributed by atoms with Crippen LogP contribution in [0.5, 0.6) is 11.5 Å². The molecule has 5 nitrogen and oxygen atoms in total. The molecule has 0 heterocycles. The molecule has 0 saturated heterocycles. The lowest BCUT2D eigenvalue weighted by Gasteiger charge is -2.12. The molecule has 0 aromatic heterocycles. The topological polar surface area (TPSA) is 65.0 Å². The van der Waals surface area contributed by atoms with Crippen molar-refractivity contribution >= 4 is 11.5 Å². The zero-order chi connectivity index (χ0) is 23.9. The highest BCUT2D eigenvalue weighted by Gasteiger charge is 2.23. The van der Waals surface area contributed by atoms with Gasteiger partial charge in [-0.2, -0.15) is 0 Å². The molecule has 1 unspecified atom stereocenters. The molecule has 5 heteroatoms. The van der Waals surface area contributed by atoms with Gasteiger partial charge >= 0.3 is 5.97 Å². The summed E-state index contributed by atoms with van der Waals surface area (Å²) in [6.07, 6.45) is 2.58. The zero-order valence-electron chi connectivity index (χ0n) is 19.6. The lowest BCUT2D eigenvalue weighted by Crippen LogP contribution is -2.26. The minimum absolute atomic E-state index is 0.324. The number of aliphatic carboxylic acids is 1. The molecule has 1 atom stereocenters. The molecule has 0 spiro atoms. The summed E-state index contributed by atoms with van der Waals surface area (Å²) in [7, 11) is 0. The van der Waals surface area contributed by atoms with E-state index >= 15 is 0 Å². The second kappa shape index (κ2) is 11.0. The number of hydrogen-bond acceptors (Lipinski definition) is 4. The van der Waals surface area contributed by atoms with Crippen LogP contribution in [0.15, 0.2) is 72.8 Å². The van der Waals surface area contributed by atoms with Crippen LogP contribution in [0.25, 0.3) is 16.7 Å². The van der Waals surface area contributed by atoms with Crippen molar-refractivity contribution in [1.82, 2.24) is 0 Å². The molecule has 4 rings (SSSR count). The SMILES string of the molecule is CCCOc1ccc2c(c1)-c1ccccc1C2=CCOc1ccc(CC(OCC)C(=O)O)cc1. The molecule has 3 aromatic rings. The van der Waals surface area contributed by atoms with E-state index in [1.54, 1.807) is 6.92 Å². The van der Waals surface area contributed by atoms with E-state index in [2.05, 4.69) is 49.4 Å². The van der Waals surface area contributed by atoms with Gasteiger partial charge in [-0.25, -0.2) is 4.79 Å². The summed E-state index contributed by atoms with van der Waals surface area (Å²) in [6.45, 7) is 5.39. The van der Waals surface area contributed by atoms with Gasteiger partial charge in [0, 0.05) is 13.0 Å². The number of hydrogen-bond donors (Lipinski definition) is 1. The predicted molar refractivity (Wildman–Crippen MR) is 133 cm³/mol. The number of benzene rings is 3. The lowest BCUT2D eigenvalue weighted by molar-refractivity contribution is -0.149. The second-order valence-corrected chi connectivity index (χ2v) is 8.16. The lowest BCUT2D eigenvalue weighted by atomic mass is 10.0. The first kappa shape index (κ1) is 23.6. The summed E-state index contributed by atoms with van der Waals surface area (Å²) < 4.78 is 17.1. The molecular weight excluding hydrogens is 428 g/mol. The Morgan fingerprint density at radius 1 is 0.882 bits per heavy atom. The standard InChI is InChI=1S/C29H30O5/c1-3-16-33-22-13-14-25-26(23-7-5-6-8-24(23)27(25)19-22)15-17-34-21-11-9-20(10-12-21)18-28(29(30)31)32-4-2/h5-15,19,28H,3-4,16-18H2,1-2H3,(H,30,31). The minimum Gasteiger partial charge on any atom is -0.494 e. The number of carboxylic acid groups (broad SMARTS) is 1. The van der Waals surface area contributed by atoms with Crippen molar-refractivity contribution in [1.29, 1.82) is 0 Å². The fraction of sp³-hybridized carbons (Fsp3) is 0.276. The highest BCUT2D eigenvalue weighted by Crippen LogP contribution is 2.45. The van der Waals surface area contributed by atoms with Crippen LogP contribution in [0, 0.1) is 0 Å². The molecule has 0 radical (unpaired) electrons. The number of ether oxygens (including phenoxy) is 3. The molecule has 176 valence electrons. The molecule has 0 saturated carbocycles. The number of rotatable bonds is 11. The van der Waals surface area contributed by atoms with Crippen LogP contribution >= 0.6 is 0 Å². The Bertz CT molecular complexity index is 1160. The molecule has 1 aliphatic carbocycles. The van der Waals surface area contributed by atoms with E-state index in [1.807, 2.05) is 30.3 Å². The van der Waals surface area contributed by atoms with Gasteiger partial charge in [-0.05, 0) is 77.1 Å². The molecule has 0 aliphatic heterocycles. The van der Waals surface area contributed by atoms with Crippen molar-refractivity contribution < 1.29 is 24.1 Å². The summed E-state index contributed by atoms with van der Waals surface area (Å²) in [5, 5.41) is 9.27. The molecule has 1 N–H and O–H groups in total. The molecule has 0 amide bonds. The Kier molecular flexibility index (Phi) is 7.65. The molecule has 3 aromatic carbocycles. The van der Waals surface area contributed by atoms with E-state index in [9.17, 15) is 9.90 Å². The quantitative estimate of drug-likeness (QED) is 0.299. The van der Waals surface area contributed by atoms with Crippen molar-refractivity contribution in [2.24, 2.45) is 0 Å². The Hall–Kier alpha value is -3.57. The first-order chi connectivity index (χ1) is 16.6. The molecular formula is C29H30O5.